The van der Waals surface area contributed by atoms with Crippen LogP contribution in [0.5, 0.6) is 0 Å². The third-order valence-electron chi connectivity index (χ3n) is 2.92. The van der Waals surface area contributed by atoms with Crippen molar-refractivity contribution in [3.05, 3.63) is 46.3 Å². The number of hydrogen-bond donors (Lipinski definition) is 1. The molecule has 0 atom stereocenters. The zero-order valence-corrected chi connectivity index (χ0v) is 11.8. The molecule has 0 saturated heterocycles. The van der Waals surface area contributed by atoms with Gasteiger partial charge in [0.2, 0.25) is 0 Å². The summed E-state index contributed by atoms with van der Waals surface area (Å²) in [4.78, 5) is 5.46. The van der Waals surface area contributed by atoms with E-state index in [0.717, 1.165) is 28.3 Å². The first-order valence-corrected chi connectivity index (χ1v) is 6.19. The van der Waals surface area contributed by atoms with E-state index in [-0.39, 0.29) is 0 Å². The molecule has 0 unspecified atom stereocenters. The van der Waals surface area contributed by atoms with Crippen LogP contribution in [0.1, 0.15) is 25.0 Å². The van der Waals surface area contributed by atoms with E-state index in [4.69, 9.17) is 12.2 Å². The maximum atomic E-state index is 5.32. The summed E-state index contributed by atoms with van der Waals surface area (Å²) in [5, 5.41) is 0. The van der Waals surface area contributed by atoms with Crippen LogP contribution in [0.15, 0.2) is 30.5 Å². The second-order valence-electron chi connectivity index (χ2n) is 4.08. The molecular formula is C14H20N2S. The minimum atomic E-state index is 0.810. The van der Waals surface area contributed by atoms with Crippen molar-refractivity contribution in [3.63, 3.8) is 0 Å². The van der Waals surface area contributed by atoms with Gasteiger partial charge >= 0.3 is 0 Å². The van der Waals surface area contributed by atoms with Crippen molar-refractivity contribution in [2.45, 2.75) is 27.7 Å². The minimum absolute atomic E-state index is 0.810. The highest BCUT2D eigenvalue weighted by Crippen LogP contribution is 2.20. The van der Waals surface area contributed by atoms with E-state index in [9.17, 15) is 0 Å². The van der Waals surface area contributed by atoms with E-state index in [1.165, 1.54) is 5.56 Å². The van der Waals surface area contributed by atoms with Gasteiger partial charge in [-0.1, -0.05) is 24.9 Å². The molecule has 1 heterocycles. The molecule has 17 heavy (non-hydrogen) atoms. The fraction of sp³-hybridized carbons (Fsp3) is 0.357. The van der Waals surface area contributed by atoms with Gasteiger partial charge in [0.25, 0.3) is 0 Å². The Kier molecular flexibility index (Phi) is 4.70. The predicted molar refractivity (Wildman–Crippen MR) is 78.1 cm³/mol. The van der Waals surface area contributed by atoms with Crippen molar-refractivity contribution in [1.82, 2.24) is 4.98 Å². The van der Waals surface area contributed by atoms with Crippen molar-refractivity contribution in [3.8, 4) is 0 Å². The molecule has 0 aliphatic carbocycles. The zero-order valence-electron chi connectivity index (χ0n) is 11.0. The van der Waals surface area contributed by atoms with Gasteiger partial charge in [0, 0.05) is 12.2 Å². The van der Waals surface area contributed by atoms with E-state index < -0.39 is 0 Å². The summed E-state index contributed by atoms with van der Waals surface area (Å²) in [5.41, 5.74) is 3.51. The molecular weight excluding hydrogens is 228 g/mol. The van der Waals surface area contributed by atoms with E-state index >= 15 is 0 Å². The summed E-state index contributed by atoms with van der Waals surface area (Å²) in [7, 11) is 0. The number of pyridine rings is 1. The molecule has 1 aromatic heterocycles. The van der Waals surface area contributed by atoms with Crippen molar-refractivity contribution < 1.29 is 0 Å². The molecule has 1 aromatic rings. The molecule has 92 valence electrons. The number of aromatic amines is 1. The SMILES string of the molecule is C=C/C=C(/C)N(CC)c1cc(C)c(C)c(=S)[nH]1. The van der Waals surface area contributed by atoms with Crippen molar-refractivity contribution in [2.75, 3.05) is 11.4 Å². The summed E-state index contributed by atoms with van der Waals surface area (Å²) in [5.74, 6) is 1.04. The summed E-state index contributed by atoms with van der Waals surface area (Å²) in [6, 6.07) is 2.13. The highest BCUT2D eigenvalue weighted by molar-refractivity contribution is 7.71. The van der Waals surface area contributed by atoms with Crippen molar-refractivity contribution in [2.24, 2.45) is 0 Å². The minimum Gasteiger partial charge on any atom is -0.332 e. The summed E-state index contributed by atoms with van der Waals surface area (Å²) >= 11 is 5.32. The number of anilines is 1. The Balaban J connectivity index is 3.27. The van der Waals surface area contributed by atoms with Crippen LogP contribution in [0.3, 0.4) is 0 Å². The molecule has 0 bridgehead atoms. The Hall–Kier alpha value is -1.35. The van der Waals surface area contributed by atoms with Crippen LogP contribution in [0, 0.1) is 18.5 Å². The summed E-state index contributed by atoms with van der Waals surface area (Å²) < 4.78 is 0.810. The fourth-order valence-corrected chi connectivity index (χ4v) is 2.02. The number of nitrogens with zero attached hydrogens (tertiary/aromatic N) is 1. The van der Waals surface area contributed by atoms with Crippen LogP contribution in [-0.4, -0.2) is 11.5 Å². The van der Waals surface area contributed by atoms with Crippen LogP contribution in [0.4, 0.5) is 5.82 Å². The topological polar surface area (TPSA) is 19.0 Å². The normalized spacial score (nSPS) is 11.4. The molecule has 0 fully saturated rings. The predicted octanol–water partition coefficient (Wildman–Crippen LogP) is 4.28. The average molecular weight is 248 g/mol. The van der Waals surface area contributed by atoms with Crippen LogP contribution in [0.25, 0.3) is 0 Å². The fourth-order valence-electron chi connectivity index (χ4n) is 1.75. The smallest absolute Gasteiger partial charge is 0.111 e. The number of aryl methyl sites for hydroxylation is 1. The average Bonchev–Trinajstić information content (AvgIpc) is 2.27. The second kappa shape index (κ2) is 5.82. The van der Waals surface area contributed by atoms with Crippen molar-refractivity contribution in [1.29, 1.82) is 0 Å². The number of hydrogen-bond acceptors (Lipinski definition) is 2. The first kappa shape index (κ1) is 13.7. The van der Waals surface area contributed by atoms with E-state index in [0.29, 0.717) is 0 Å². The van der Waals surface area contributed by atoms with Gasteiger partial charge in [0.15, 0.2) is 0 Å². The highest BCUT2D eigenvalue weighted by Gasteiger charge is 2.08. The van der Waals surface area contributed by atoms with Gasteiger partial charge in [-0.3, -0.25) is 0 Å². The van der Waals surface area contributed by atoms with Crippen molar-refractivity contribution >= 4 is 18.0 Å². The van der Waals surface area contributed by atoms with Crippen LogP contribution < -0.4 is 4.90 Å². The Morgan fingerprint density at radius 2 is 2.18 bits per heavy atom. The number of allylic oxidation sites excluding steroid dienone is 3. The van der Waals surface area contributed by atoms with Gasteiger partial charge in [-0.2, -0.15) is 0 Å². The zero-order chi connectivity index (χ0) is 13.0. The lowest BCUT2D eigenvalue weighted by Crippen LogP contribution is -2.21. The van der Waals surface area contributed by atoms with Gasteiger partial charge in [-0.25, -0.2) is 0 Å². The molecule has 0 radical (unpaired) electrons. The maximum absolute atomic E-state index is 5.32. The van der Waals surface area contributed by atoms with E-state index in [2.05, 4.69) is 43.3 Å². The molecule has 0 saturated carbocycles. The molecule has 1 N–H and O–H groups in total. The second-order valence-corrected chi connectivity index (χ2v) is 4.49. The third kappa shape index (κ3) is 3.07. The summed E-state index contributed by atoms with van der Waals surface area (Å²) in [6.07, 6.45) is 3.79. The third-order valence-corrected chi connectivity index (χ3v) is 3.33. The van der Waals surface area contributed by atoms with Gasteiger partial charge in [0.1, 0.15) is 10.5 Å². The van der Waals surface area contributed by atoms with Crippen LogP contribution in [-0.2, 0) is 0 Å². The molecule has 0 amide bonds. The Morgan fingerprint density at radius 3 is 2.65 bits per heavy atom. The Labute approximate surface area is 109 Å². The Morgan fingerprint density at radius 1 is 1.53 bits per heavy atom. The summed E-state index contributed by atoms with van der Waals surface area (Å²) in [6.45, 7) is 12.9. The van der Waals surface area contributed by atoms with Gasteiger partial charge in [-0.05, 0) is 51.0 Å². The van der Waals surface area contributed by atoms with Gasteiger partial charge in [0.05, 0.1) is 0 Å². The molecule has 3 heteroatoms. The molecule has 0 aromatic carbocycles. The number of nitrogens with one attached hydrogen (secondary N) is 1. The van der Waals surface area contributed by atoms with Crippen LogP contribution in [0.2, 0.25) is 0 Å². The number of rotatable bonds is 4. The highest BCUT2D eigenvalue weighted by atomic mass is 32.1. The largest absolute Gasteiger partial charge is 0.332 e. The van der Waals surface area contributed by atoms with Gasteiger partial charge < -0.3 is 9.88 Å². The monoisotopic (exact) mass is 248 g/mol. The maximum Gasteiger partial charge on any atom is 0.111 e. The first-order chi connectivity index (χ1) is 8.01. The first-order valence-electron chi connectivity index (χ1n) is 5.78. The molecule has 2 nitrogen and oxygen atoms in total. The van der Waals surface area contributed by atoms with Gasteiger partial charge in [-0.15, -0.1) is 0 Å². The quantitative estimate of drug-likeness (QED) is 0.633. The standard InChI is InChI=1S/C14H20N2S/c1-6-8-11(4)16(7-2)13-9-10(3)12(5)14(17)15-13/h6,8-9H,1,7H2,2-5H3,(H,15,17)/b11-8-. The lowest BCUT2D eigenvalue weighted by Gasteiger charge is -2.24. The molecule has 0 spiro atoms. The lowest BCUT2D eigenvalue weighted by atomic mass is 10.2. The lowest BCUT2D eigenvalue weighted by molar-refractivity contribution is 0.920. The molecule has 1 rings (SSSR count). The van der Waals surface area contributed by atoms with Crippen LogP contribution >= 0.6 is 12.2 Å². The molecule has 0 aliphatic rings. The van der Waals surface area contributed by atoms with E-state index in [1.54, 1.807) is 6.08 Å². The number of aromatic nitrogens is 1. The van der Waals surface area contributed by atoms with E-state index in [1.807, 2.05) is 13.0 Å². The Bertz CT molecular complexity index is 497. The number of H-pyrrole nitrogens is 1. The molecule has 0 aliphatic heterocycles.